The minimum absolute atomic E-state index is 0.0688. The van der Waals surface area contributed by atoms with Crippen molar-refractivity contribution in [3.05, 3.63) is 52.4 Å². The van der Waals surface area contributed by atoms with E-state index in [1.807, 2.05) is 31.2 Å². The van der Waals surface area contributed by atoms with Gasteiger partial charge in [-0.25, -0.2) is 4.79 Å². The molecule has 0 fully saturated rings. The van der Waals surface area contributed by atoms with Crippen LogP contribution in [0.5, 0.6) is 5.75 Å². The minimum atomic E-state index is -0.462. The van der Waals surface area contributed by atoms with E-state index in [0.717, 1.165) is 29.1 Å². The Morgan fingerprint density at radius 2 is 1.83 bits per heavy atom. The Labute approximate surface area is 171 Å². The number of nitrogens with one attached hydrogen (secondary N) is 1. The number of esters is 1. The number of ether oxygens (including phenoxy) is 3. The molecule has 1 aromatic rings. The molecule has 1 heterocycles. The van der Waals surface area contributed by atoms with Gasteiger partial charge in [-0.3, -0.25) is 4.79 Å². The van der Waals surface area contributed by atoms with E-state index < -0.39 is 11.9 Å². The molecule has 29 heavy (non-hydrogen) atoms. The van der Waals surface area contributed by atoms with Gasteiger partial charge in [-0.2, -0.15) is 0 Å². The van der Waals surface area contributed by atoms with Gasteiger partial charge in [0.2, 0.25) is 0 Å². The molecule has 1 aromatic carbocycles. The molecule has 0 spiro atoms. The fourth-order valence-electron chi connectivity index (χ4n) is 4.13. The van der Waals surface area contributed by atoms with E-state index in [9.17, 15) is 9.59 Å². The van der Waals surface area contributed by atoms with Crippen LogP contribution in [-0.4, -0.2) is 39.2 Å². The van der Waals surface area contributed by atoms with E-state index in [1.54, 1.807) is 14.2 Å². The van der Waals surface area contributed by atoms with E-state index in [2.05, 4.69) is 19.2 Å². The van der Waals surface area contributed by atoms with Crippen molar-refractivity contribution in [2.24, 2.45) is 5.41 Å². The van der Waals surface area contributed by atoms with Crippen molar-refractivity contribution in [2.75, 3.05) is 27.4 Å². The molecule has 0 amide bonds. The first-order valence-corrected chi connectivity index (χ1v) is 9.81. The van der Waals surface area contributed by atoms with Crippen molar-refractivity contribution in [1.82, 2.24) is 5.32 Å². The van der Waals surface area contributed by atoms with E-state index in [-0.39, 0.29) is 17.8 Å². The summed E-state index contributed by atoms with van der Waals surface area (Å²) in [5, 5.41) is 3.33. The van der Waals surface area contributed by atoms with Crippen LogP contribution < -0.4 is 10.1 Å². The molecule has 0 radical (unpaired) electrons. The van der Waals surface area contributed by atoms with Gasteiger partial charge in [-0.05, 0) is 36.5 Å². The van der Waals surface area contributed by atoms with E-state index in [4.69, 9.17) is 14.2 Å². The lowest BCUT2D eigenvalue weighted by Gasteiger charge is -2.39. The zero-order valence-corrected chi connectivity index (χ0v) is 17.8. The normalized spacial score (nSPS) is 20.9. The van der Waals surface area contributed by atoms with Crippen LogP contribution in [0.25, 0.3) is 0 Å². The Morgan fingerprint density at radius 1 is 1.14 bits per heavy atom. The molecular weight excluding hydrogens is 370 g/mol. The number of carbonyl (C=O) groups excluding carboxylic acids is 2. The number of hydrogen-bond donors (Lipinski definition) is 1. The molecule has 1 atom stereocenters. The Bertz CT molecular complexity index is 864. The van der Waals surface area contributed by atoms with Gasteiger partial charge in [-0.1, -0.05) is 26.0 Å². The predicted molar refractivity (Wildman–Crippen MR) is 109 cm³/mol. The maximum absolute atomic E-state index is 13.2. The maximum Gasteiger partial charge on any atom is 0.336 e. The van der Waals surface area contributed by atoms with Crippen LogP contribution in [0, 0.1) is 5.41 Å². The number of Topliss-reactive ketones (excluding diaryl/α,β-unsaturated/α-hetero) is 1. The second-order valence-corrected chi connectivity index (χ2v) is 8.33. The van der Waals surface area contributed by atoms with Crippen LogP contribution in [0.15, 0.2) is 46.8 Å². The molecule has 6 nitrogen and oxygen atoms in total. The van der Waals surface area contributed by atoms with Gasteiger partial charge in [-0.15, -0.1) is 0 Å². The molecule has 6 heteroatoms. The molecule has 3 rings (SSSR count). The monoisotopic (exact) mass is 399 g/mol. The number of methoxy groups -OCH3 is 2. The number of allylic oxidation sites excluding steroid dienone is 3. The molecule has 156 valence electrons. The third-order valence-electron chi connectivity index (χ3n) is 5.43. The summed E-state index contributed by atoms with van der Waals surface area (Å²) in [4.78, 5) is 26.1. The first kappa shape index (κ1) is 21.1. The van der Waals surface area contributed by atoms with Crippen molar-refractivity contribution in [3.8, 4) is 5.75 Å². The van der Waals surface area contributed by atoms with Gasteiger partial charge in [0, 0.05) is 36.4 Å². The molecule has 1 aliphatic carbocycles. The molecule has 0 saturated carbocycles. The molecule has 0 saturated heterocycles. The molecule has 1 aliphatic heterocycles. The summed E-state index contributed by atoms with van der Waals surface area (Å²) in [6, 6.07) is 7.50. The SMILES string of the molecule is COCCOC(=O)C1=C(C)NC2=C(C(=O)CC(C)(C)C2)[C@H]1c1ccc(OC)cc1. The highest BCUT2D eigenvalue weighted by atomic mass is 16.6. The van der Waals surface area contributed by atoms with Gasteiger partial charge in [0.25, 0.3) is 0 Å². The standard InChI is InChI=1S/C23H29NO5/c1-14-19(22(26)29-11-10-27-4)20(15-6-8-16(28-5)9-7-15)21-17(24-14)12-23(2,3)13-18(21)25/h6-9,20,24H,10-13H2,1-5H3/t20-/m0/s1. The van der Waals surface area contributed by atoms with Crippen LogP contribution in [0.2, 0.25) is 0 Å². The molecule has 0 unspecified atom stereocenters. The number of benzene rings is 1. The predicted octanol–water partition coefficient (Wildman–Crippen LogP) is 3.49. The highest BCUT2D eigenvalue weighted by Gasteiger charge is 2.43. The third-order valence-corrected chi connectivity index (χ3v) is 5.43. The zero-order chi connectivity index (χ0) is 21.2. The van der Waals surface area contributed by atoms with Gasteiger partial charge in [0.15, 0.2) is 5.78 Å². The third kappa shape index (κ3) is 4.37. The fraction of sp³-hybridized carbons (Fsp3) is 0.478. The molecule has 0 aromatic heterocycles. The van der Waals surface area contributed by atoms with Crippen molar-refractivity contribution < 1.29 is 23.8 Å². The Morgan fingerprint density at radius 3 is 2.45 bits per heavy atom. The van der Waals surface area contributed by atoms with Gasteiger partial charge >= 0.3 is 5.97 Å². The van der Waals surface area contributed by atoms with Crippen LogP contribution in [0.4, 0.5) is 0 Å². The average molecular weight is 399 g/mol. The number of dihydropyridines is 1. The van der Waals surface area contributed by atoms with Crippen LogP contribution in [0.3, 0.4) is 0 Å². The highest BCUT2D eigenvalue weighted by Crippen LogP contribution is 2.46. The fourth-order valence-corrected chi connectivity index (χ4v) is 4.13. The lowest BCUT2D eigenvalue weighted by atomic mass is 9.68. The topological polar surface area (TPSA) is 73.9 Å². The summed E-state index contributed by atoms with van der Waals surface area (Å²) in [5.74, 6) is -0.106. The summed E-state index contributed by atoms with van der Waals surface area (Å²) in [6.07, 6.45) is 1.20. The number of rotatable bonds is 6. The summed E-state index contributed by atoms with van der Waals surface area (Å²) in [7, 11) is 3.16. The second-order valence-electron chi connectivity index (χ2n) is 8.33. The Kier molecular flexibility index (Phi) is 6.13. The molecule has 0 bridgehead atoms. The van der Waals surface area contributed by atoms with E-state index in [1.165, 1.54) is 0 Å². The smallest absolute Gasteiger partial charge is 0.336 e. The quantitative estimate of drug-likeness (QED) is 0.583. The van der Waals surface area contributed by atoms with Gasteiger partial charge in [0.05, 0.1) is 19.3 Å². The van der Waals surface area contributed by atoms with Crippen molar-refractivity contribution in [2.45, 2.75) is 39.5 Å². The van der Waals surface area contributed by atoms with Crippen LogP contribution in [0.1, 0.15) is 45.1 Å². The van der Waals surface area contributed by atoms with Crippen molar-refractivity contribution >= 4 is 11.8 Å². The lowest BCUT2D eigenvalue weighted by Crippen LogP contribution is -2.38. The highest BCUT2D eigenvalue weighted by molar-refractivity contribution is 6.04. The lowest BCUT2D eigenvalue weighted by molar-refractivity contribution is -0.140. The first-order valence-electron chi connectivity index (χ1n) is 9.81. The van der Waals surface area contributed by atoms with Crippen molar-refractivity contribution in [3.63, 3.8) is 0 Å². The molecule has 1 N–H and O–H groups in total. The van der Waals surface area contributed by atoms with Gasteiger partial charge in [0.1, 0.15) is 12.4 Å². The Balaban J connectivity index is 2.07. The number of carbonyl (C=O) groups is 2. The maximum atomic E-state index is 13.2. The minimum Gasteiger partial charge on any atom is -0.497 e. The Hall–Kier alpha value is -2.60. The van der Waals surface area contributed by atoms with Crippen LogP contribution >= 0.6 is 0 Å². The van der Waals surface area contributed by atoms with E-state index in [0.29, 0.717) is 24.2 Å². The summed E-state index contributed by atoms with van der Waals surface area (Å²) in [5.41, 5.74) is 3.50. The number of ketones is 1. The average Bonchev–Trinajstić information content (AvgIpc) is 2.66. The summed E-state index contributed by atoms with van der Waals surface area (Å²) < 4.78 is 15.7. The van der Waals surface area contributed by atoms with Crippen molar-refractivity contribution in [1.29, 1.82) is 0 Å². The summed E-state index contributed by atoms with van der Waals surface area (Å²) >= 11 is 0. The zero-order valence-electron chi connectivity index (χ0n) is 17.8. The second kappa shape index (κ2) is 8.41. The largest absolute Gasteiger partial charge is 0.497 e. The number of hydrogen-bond acceptors (Lipinski definition) is 6. The van der Waals surface area contributed by atoms with E-state index >= 15 is 0 Å². The first-order chi connectivity index (χ1) is 13.8. The summed E-state index contributed by atoms with van der Waals surface area (Å²) in [6.45, 7) is 6.52. The van der Waals surface area contributed by atoms with Gasteiger partial charge < -0.3 is 19.5 Å². The van der Waals surface area contributed by atoms with Crippen LogP contribution in [-0.2, 0) is 19.1 Å². The molecular formula is C23H29NO5. The molecule has 2 aliphatic rings.